The van der Waals surface area contributed by atoms with Crippen LogP contribution in [0.2, 0.25) is 0 Å². The van der Waals surface area contributed by atoms with Crippen molar-refractivity contribution in [1.29, 1.82) is 0 Å². The number of benzene rings is 2. The first-order valence-corrected chi connectivity index (χ1v) is 18.2. The van der Waals surface area contributed by atoms with Crippen molar-refractivity contribution in [3.05, 3.63) is 94.5 Å². The zero-order chi connectivity index (χ0) is 31.1. The molecule has 4 aromatic rings. The van der Waals surface area contributed by atoms with Crippen molar-refractivity contribution >= 4 is 21.5 Å². The van der Waals surface area contributed by atoms with Gasteiger partial charge in [-0.05, 0) is 108 Å². The van der Waals surface area contributed by atoms with Crippen LogP contribution < -0.4 is 4.57 Å². The number of hydrogen-bond acceptors (Lipinski definition) is 1. The summed E-state index contributed by atoms with van der Waals surface area (Å²) in [6, 6.07) is 12.5. The Bertz CT molecular complexity index is 1890. The highest BCUT2D eigenvalue weighted by Gasteiger charge is 2.57. The monoisotopic (exact) mass is 595 g/mol. The maximum Gasteiger partial charge on any atom is 0.222 e. The SMILES string of the molecule is CCC(CC)C1=CC2(CC(C(CC)CC)=C1)c1c3c(cc4ccncc14)C(C)(C)c1cc(C4CCCCC4)cc4cc[n+]2c-3c14. The van der Waals surface area contributed by atoms with Crippen molar-refractivity contribution in [2.45, 2.75) is 123 Å². The van der Waals surface area contributed by atoms with E-state index in [2.05, 4.69) is 101 Å². The molecule has 3 heterocycles. The van der Waals surface area contributed by atoms with E-state index in [-0.39, 0.29) is 11.0 Å². The molecule has 0 saturated heterocycles. The Morgan fingerprint density at radius 3 is 2.36 bits per heavy atom. The summed E-state index contributed by atoms with van der Waals surface area (Å²) >= 11 is 0. The maximum atomic E-state index is 4.77. The van der Waals surface area contributed by atoms with Crippen LogP contribution in [0.4, 0.5) is 0 Å². The molecule has 1 atom stereocenters. The van der Waals surface area contributed by atoms with Gasteiger partial charge in [0.15, 0.2) is 6.20 Å². The summed E-state index contributed by atoms with van der Waals surface area (Å²) in [5.41, 5.74) is 11.9. The standard InChI is InChI=1S/C43H51N2/c1-7-27(8-2)33-21-34(28(9-3)10-4)25-43(24-33)40-35-26-44-18-16-30(35)22-37-39(40)41-38-31(17-19-45(41)43)20-32(23-36(38)42(37,5)6)29-14-12-11-13-15-29/h16-24,26-29H,7-15,25H2,1-6H3/q+1. The van der Waals surface area contributed by atoms with E-state index in [9.17, 15) is 0 Å². The number of fused-ring (bicyclic) bond motifs is 4. The van der Waals surface area contributed by atoms with Crippen LogP contribution in [0.1, 0.15) is 134 Å². The minimum absolute atomic E-state index is 0.0905. The predicted octanol–water partition coefficient (Wildman–Crippen LogP) is 11.2. The topological polar surface area (TPSA) is 16.8 Å². The van der Waals surface area contributed by atoms with Gasteiger partial charge >= 0.3 is 0 Å². The lowest BCUT2D eigenvalue weighted by Gasteiger charge is -2.34. The van der Waals surface area contributed by atoms with Crippen LogP contribution in [0, 0.1) is 11.8 Å². The van der Waals surface area contributed by atoms with Crippen LogP contribution in [0.3, 0.4) is 0 Å². The van der Waals surface area contributed by atoms with E-state index >= 15 is 0 Å². The van der Waals surface area contributed by atoms with Gasteiger partial charge in [0.1, 0.15) is 0 Å². The second-order valence-electron chi connectivity index (χ2n) is 15.3. The van der Waals surface area contributed by atoms with E-state index < -0.39 is 0 Å². The molecule has 2 heteroatoms. The molecule has 0 radical (unpaired) electrons. The highest BCUT2D eigenvalue weighted by Crippen LogP contribution is 2.58. The van der Waals surface area contributed by atoms with Gasteiger partial charge in [0, 0.05) is 35.7 Å². The van der Waals surface area contributed by atoms with Crippen molar-refractivity contribution in [3.8, 4) is 11.3 Å². The Labute approximate surface area is 270 Å². The molecular formula is C43H51N2+. The molecule has 2 aromatic heterocycles. The lowest BCUT2D eigenvalue weighted by atomic mass is 9.66. The van der Waals surface area contributed by atoms with E-state index in [1.165, 1.54) is 107 Å². The average Bonchev–Trinajstić information content (AvgIpc) is 3.34. The molecule has 232 valence electrons. The minimum Gasteiger partial charge on any atom is -0.264 e. The number of aromatic nitrogens is 2. The highest BCUT2D eigenvalue weighted by molar-refractivity contribution is 6.06. The molecule has 3 aliphatic carbocycles. The first kappa shape index (κ1) is 29.2. The third kappa shape index (κ3) is 4.06. The Morgan fingerprint density at radius 2 is 1.62 bits per heavy atom. The predicted molar refractivity (Wildman–Crippen MR) is 189 cm³/mol. The van der Waals surface area contributed by atoms with Crippen LogP contribution in [0.5, 0.6) is 0 Å². The quantitative estimate of drug-likeness (QED) is 0.194. The van der Waals surface area contributed by atoms with Crippen molar-refractivity contribution in [2.75, 3.05) is 0 Å². The molecule has 0 N–H and O–H groups in total. The zero-order valence-electron chi connectivity index (χ0n) is 28.5. The third-order valence-electron chi connectivity index (χ3n) is 12.7. The lowest BCUT2D eigenvalue weighted by Crippen LogP contribution is -2.55. The second-order valence-corrected chi connectivity index (χ2v) is 15.3. The summed E-state index contributed by atoms with van der Waals surface area (Å²) < 4.78 is 2.74. The van der Waals surface area contributed by atoms with E-state index in [0.717, 1.165) is 6.42 Å². The van der Waals surface area contributed by atoms with E-state index in [0.29, 0.717) is 17.8 Å². The summed E-state index contributed by atoms with van der Waals surface area (Å²) in [6.45, 7) is 14.5. The van der Waals surface area contributed by atoms with Crippen molar-refractivity contribution in [1.82, 2.24) is 4.98 Å². The van der Waals surface area contributed by atoms with E-state index in [1.807, 2.05) is 6.20 Å². The van der Waals surface area contributed by atoms with Gasteiger partial charge in [-0.25, -0.2) is 0 Å². The van der Waals surface area contributed by atoms with Crippen molar-refractivity contribution in [2.24, 2.45) is 11.8 Å². The smallest absolute Gasteiger partial charge is 0.222 e. The third-order valence-corrected chi connectivity index (χ3v) is 12.7. The Kier molecular flexibility index (Phi) is 6.90. The molecule has 8 rings (SSSR count). The molecule has 1 unspecified atom stereocenters. The number of nitrogens with zero attached hydrogens (tertiary/aromatic N) is 2. The van der Waals surface area contributed by atoms with Gasteiger partial charge in [-0.3, -0.25) is 4.98 Å². The van der Waals surface area contributed by atoms with Gasteiger partial charge < -0.3 is 0 Å². The van der Waals surface area contributed by atoms with Gasteiger partial charge in [0.2, 0.25) is 11.2 Å². The Balaban J connectivity index is 1.50. The molecule has 4 aliphatic rings. The molecule has 1 aliphatic heterocycles. The fraction of sp³-hybridized carbons (Fsp3) is 0.488. The molecule has 2 nitrogen and oxygen atoms in total. The van der Waals surface area contributed by atoms with Crippen LogP contribution in [0.15, 0.2) is 72.2 Å². The van der Waals surface area contributed by atoms with Gasteiger partial charge in [-0.15, -0.1) is 0 Å². The van der Waals surface area contributed by atoms with Gasteiger partial charge in [0.05, 0.1) is 16.5 Å². The van der Waals surface area contributed by atoms with Gasteiger partial charge in [0.25, 0.3) is 0 Å². The fourth-order valence-electron chi connectivity index (χ4n) is 10.2. The molecule has 1 fully saturated rings. The van der Waals surface area contributed by atoms with Gasteiger partial charge in [-0.2, -0.15) is 4.57 Å². The fourth-order valence-corrected chi connectivity index (χ4v) is 10.2. The largest absolute Gasteiger partial charge is 0.264 e. The van der Waals surface area contributed by atoms with Crippen LogP contribution in [0.25, 0.3) is 32.8 Å². The number of pyridine rings is 2. The Hall–Kier alpha value is -3.26. The van der Waals surface area contributed by atoms with Crippen molar-refractivity contribution in [3.63, 3.8) is 0 Å². The molecular weight excluding hydrogens is 544 g/mol. The van der Waals surface area contributed by atoms with Crippen LogP contribution in [-0.2, 0) is 11.0 Å². The van der Waals surface area contributed by atoms with Crippen LogP contribution >= 0.6 is 0 Å². The molecule has 1 spiro atoms. The number of allylic oxidation sites excluding steroid dienone is 4. The minimum atomic E-state index is -0.250. The van der Waals surface area contributed by atoms with E-state index in [1.54, 1.807) is 16.7 Å². The van der Waals surface area contributed by atoms with Gasteiger partial charge in [-0.1, -0.05) is 84.6 Å². The molecule has 1 saturated carbocycles. The summed E-state index contributed by atoms with van der Waals surface area (Å²) in [5.74, 6) is 1.87. The van der Waals surface area contributed by atoms with E-state index in [4.69, 9.17) is 4.98 Å². The van der Waals surface area contributed by atoms with Crippen LogP contribution in [-0.4, -0.2) is 4.98 Å². The molecule has 2 aromatic carbocycles. The summed E-state index contributed by atoms with van der Waals surface area (Å²) in [7, 11) is 0. The Morgan fingerprint density at radius 1 is 0.867 bits per heavy atom. The summed E-state index contributed by atoms with van der Waals surface area (Å²) in [5, 5.41) is 5.59. The second kappa shape index (κ2) is 10.6. The molecule has 45 heavy (non-hydrogen) atoms. The maximum absolute atomic E-state index is 4.77. The lowest BCUT2D eigenvalue weighted by molar-refractivity contribution is -0.725. The average molecular weight is 596 g/mol. The van der Waals surface area contributed by atoms with Crippen molar-refractivity contribution < 1.29 is 4.57 Å². The number of hydrogen-bond donors (Lipinski definition) is 0. The first-order chi connectivity index (χ1) is 21.9. The zero-order valence-corrected chi connectivity index (χ0v) is 28.5. The highest BCUT2D eigenvalue weighted by atomic mass is 15.1. The molecule has 0 amide bonds. The normalized spacial score (nSPS) is 21.8. The first-order valence-electron chi connectivity index (χ1n) is 18.2. The number of rotatable bonds is 7. The molecule has 0 bridgehead atoms. The summed E-state index contributed by atoms with van der Waals surface area (Å²) in [4.78, 5) is 4.77. The summed E-state index contributed by atoms with van der Waals surface area (Å²) in [6.07, 6.45) is 24.6.